The minimum atomic E-state index is -0.417. The molecule has 0 saturated carbocycles. The van der Waals surface area contributed by atoms with Crippen LogP contribution in [0, 0.1) is 0 Å². The van der Waals surface area contributed by atoms with E-state index in [0.29, 0.717) is 11.3 Å². The topological polar surface area (TPSA) is 49.2 Å². The zero-order valence-electron chi connectivity index (χ0n) is 9.23. The number of H-pyrrole nitrogens is 1. The summed E-state index contributed by atoms with van der Waals surface area (Å²) in [5, 5.41) is 0. The van der Waals surface area contributed by atoms with Crippen LogP contribution in [0.5, 0.6) is 0 Å². The van der Waals surface area contributed by atoms with E-state index >= 15 is 0 Å². The fourth-order valence-corrected chi connectivity index (χ4v) is 2.27. The lowest BCUT2D eigenvalue weighted by molar-refractivity contribution is 0.326. The fourth-order valence-electron chi connectivity index (χ4n) is 1.74. The lowest BCUT2D eigenvalue weighted by atomic mass is 10.1. The lowest BCUT2D eigenvalue weighted by Gasteiger charge is -2.22. The maximum Gasteiger partial charge on any atom is 0.417 e. The average Bonchev–Trinajstić information content (AvgIpc) is 2.57. The second-order valence-electron chi connectivity index (χ2n) is 3.93. The summed E-state index contributed by atoms with van der Waals surface area (Å²) in [6.45, 7) is 0. The lowest BCUT2D eigenvalue weighted by Crippen LogP contribution is -2.21. The molecule has 0 bridgehead atoms. The van der Waals surface area contributed by atoms with Gasteiger partial charge >= 0.3 is 5.76 Å². The summed E-state index contributed by atoms with van der Waals surface area (Å²) in [5.74, 6) is 0.298. The molecule has 2 rings (SSSR count). The van der Waals surface area contributed by atoms with E-state index in [1.807, 2.05) is 32.3 Å². The Balaban J connectivity index is 2.48. The minimum absolute atomic E-state index is 0.216. The predicted octanol–water partition coefficient (Wildman–Crippen LogP) is 1.65. The molecular formula is C11H14N2O2S. The summed E-state index contributed by atoms with van der Waals surface area (Å²) >= 11 is 4.32. The molecule has 0 fully saturated rings. The predicted molar refractivity (Wildman–Crippen MR) is 67.1 cm³/mol. The van der Waals surface area contributed by atoms with Gasteiger partial charge in [0.05, 0.1) is 5.52 Å². The maximum absolute atomic E-state index is 11.0. The van der Waals surface area contributed by atoms with Crippen molar-refractivity contribution in [3.05, 3.63) is 34.3 Å². The Morgan fingerprint density at radius 3 is 2.88 bits per heavy atom. The van der Waals surface area contributed by atoms with Crippen molar-refractivity contribution >= 4 is 23.7 Å². The molecule has 1 aromatic carbocycles. The van der Waals surface area contributed by atoms with Gasteiger partial charge in [0.15, 0.2) is 5.58 Å². The van der Waals surface area contributed by atoms with Crippen molar-refractivity contribution < 1.29 is 4.42 Å². The van der Waals surface area contributed by atoms with E-state index in [4.69, 9.17) is 4.42 Å². The number of nitrogens with zero attached hydrogens (tertiary/aromatic N) is 1. The molecule has 0 spiro atoms. The molecule has 0 saturated heterocycles. The Labute approximate surface area is 98.7 Å². The van der Waals surface area contributed by atoms with E-state index in [1.165, 1.54) is 0 Å². The first-order chi connectivity index (χ1) is 7.61. The third kappa shape index (κ3) is 2.01. The van der Waals surface area contributed by atoms with Gasteiger partial charge in [0, 0.05) is 11.8 Å². The number of fused-ring (bicyclic) bond motifs is 1. The first-order valence-electron chi connectivity index (χ1n) is 5.02. The molecule has 1 aromatic heterocycles. The molecule has 0 radical (unpaired) electrons. The normalized spacial score (nSPS) is 13.5. The third-order valence-corrected chi connectivity index (χ3v) is 2.97. The van der Waals surface area contributed by atoms with Crippen molar-refractivity contribution in [3.63, 3.8) is 0 Å². The summed E-state index contributed by atoms with van der Waals surface area (Å²) < 4.78 is 5.03. The first kappa shape index (κ1) is 11.3. The number of benzene rings is 1. The van der Waals surface area contributed by atoms with E-state index in [-0.39, 0.29) is 6.04 Å². The maximum atomic E-state index is 11.0. The van der Waals surface area contributed by atoms with Crippen LogP contribution in [0.2, 0.25) is 0 Å². The molecular weight excluding hydrogens is 224 g/mol. The van der Waals surface area contributed by atoms with Crippen molar-refractivity contribution in [2.45, 2.75) is 6.04 Å². The van der Waals surface area contributed by atoms with Crippen LogP contribution in [0.15, 0.2) is 27.4 Å². The van der Waals surface area contributed by atoms with E-state index in [9.17, 15) is 4.79 Å². The molecule has 1 unspecified atom stereocenters. The highest BCUT2D eigenvalue weighted by Crippen LogP contribution is 2.22. The first-order valence-corrected chi connectivity index (χ1v) is 5.65. The van der Waals surface area contributed by atoms with E-state index in [0.717, 1.165) is 11.1 Å². The second kappa shape index (κ2) is 4.35. The van der Waals surface area contributed by atoms with Gasteiger partial charge in [-0.3, -0.25) is 4.98 Å². The van der Waals surface area contributed by atoms with Crippen molar-refractivity contribution in [1.29, 1.82) is 0 Å². The van der Waals surface area contributed by atoms with Crippen LogP contribution in [-0.2, 0) is 0 Å². The molecule has 1 heterocycles. The summed E-state index contributed by atoms with van der Waals surface area (Å²) in [4.78, 5) is 15.7. The van der Waals surface area contributed by atoms with Crippen molar-refractivity contribution in [1.82, 2.24) is 9.88 Å². The Hall–Kier alpha value is -1.20. The van der Waals surface area contributed by atoms with Crippen LogP contribution in [0.3, 0.4) is 0 Å². The van der Waals surface area contributed by atoms with Crippen LogP contribution in [0.25, 0.3) is 11.1 Å². The van der Waals surface area contributed by atoms with Crippen LogP contribution < -0.4 is 5.76 Å². The van der Waals surface area contributed by atoms with Gasteiger partial charge in [-0.15, -0.1) is 0 Å². The van der Waals surface area contributed by atoms with Gasteiger partial charge < -0.3 is 9.32 Å². The number of oxazole rings is 1. The summed E-state index contributed by atoms with van der Waals surface area (Å²) in [5.41, 5.74) is 2.41. The van der Waals surface area contributed by atoms with Gasteiger partial charge in [-0.1, -0.05) is 6.07 Å². The number of nitrogens with one attached hydrogen (secondary N) is 1. The molecule has 1 atom stereocenters. The van der Waals surface area contributed by atoms with Gasteiger partial charge in [0.25, 0.3) is 0 Å². The van der Waals surface area contributed by atoms with Crippen molar-refractivity contribution in [2.75, 3.05) is 19.8 Å². The number of hydrogen-bond acceptors (Lipinski definition) is 4. The molecule has 4 nitrogen and oxygen atoms in total. The molecule has 16 heavy (non-hydrogen) atoms. The van der Waals surface area contributed by atoms with Crippen LogP contribution in [0.1, 0.15) is 11.6 Å². The molecule has 1 N–H and O–H groups in total. The number of aromatic amines is 1. The summed E-state index contributed by atoms with van der Waals surface area (Å²) in [6.07, 6.45) is 0. The highest BCUT2D eigenvalue weighted by atomic mass is 32.1. The average molecular weight is 238 g/mol. The van der Waals surface area contributed by atoms with Crippen LogP contribution in [0.4, 0.5) is 0 Å². The molecule has 0 aliphatic carbocycles. The van der Waals surface area contributed by atoms with Gasteiger partial charge in [0.2, 0.25) is 0 Å². The van der Waals surface area contributed by atoms with Gasteiger partial charge in [-0.2, -0.15) is 12.6 Å². The SMILES string of the molecule is CN(C)C(CS)c1ccc2[nH]c(=O)oc2c1. The Morgan fingerprint density at radius 1 is 1.50 bits per heavy atom. The monoisotopic (exact) mass is 238 g/mol. The molecule has 0 aliphatic rings. The van der Waals surface area contributed by atoms with E-state index in [2.05, 4.69) is 22.5 Å². The fraction of sp³-hybridized carbons (Fsp3) is 0.364. The number of thiol groups is 1. The number of aromatic nitrogens is 1. The van der Waals surface area contributed by atoms with Crippen LogP contribution >= 0.6 is 12.6 Å². The zero-order chi connectivity index (χ0) is 11.7. The molecule has 0 aliphatic heterocycles. The number of rotatable bonds is 3. The summed E-state index contributed by atoms with van der Waals surface area (Å²) in [6, 6.07) is 5.94. The minimum Gasteiger partial charge on any atom is -0.408 e. The molecule has 86 valence electrons. The van der Waals surface area contributed by atoms with Crippen LogP contribution in [-0.4, -0.2) is 29.7 Å². The highest BCUT2D eigenvalue weighted by Gasteiger charge is 2.13. The molecule has 2 aromatic rings. The highest BCUT2D eigenvalue weighted by molar-refractivity contribution is 7.80. The molecule has 5 heteroatoms. The Bertz CT molecular complexity index is 544. The largest absolute Gasteiger partial charge is 0.417 e. The van der Waals surface area contributed by atoms with Crippen molar-refractivity contribution in [2.24, 2.45) is 0 Å². The van der Waals surface area contributed by atoms with E-state index in [1.54, 1.807) is 0 Å². The number of hydrogen-bond donors (Lipinski definition) is 2. The molecule has 0 amide bonds. The summed E-state index contributed by atoms with van der Waals surface area (Å²) in [7, 11) is 4.00. The smallest absolute Gasteiger partial charge is 0.408 e. The Morgan fingerprint density at radius 2 is 2.25 bits per heavy atom. The van der Waals surface area contributed by atoms with Crippen molar-refractivity contribution in [3.8, 4) is 0 Å². The quantitative estimate of drug-likeness (QED) is 0.799. The standard InChI is InChI=1S/C11H14N2O2S/c1-13(2)9(6-16)7-3-4-8-10(5-7)15-11(14)12-8/h3-5,9,16H,6H2,1-2H3,(H,12,14). The Kier molecular flexibility index (Phi) is 3.07. The third-order valence-electron chi connectivity index (χ3n) is 2.63. The zero-order valence-corrected chi connectivity index (χ0v) is 10.1. The van der Waals surface area contributed by atoms with Gasteiger partial charge in [0.1, 0.15) is 0 Å². The second-order valence-corrected chi connectivity index (χ2v) is 4.30. The van der Waals surface area contributed by atoms with Gasteiger partial charge in [-0.25, -0.2) is 4.79 Å². The van der Waals surface area contributed by atoms with E-state index < -0.39 is 5.76 Å². The van der Waals surface area contributed by atoms with Gasteiger partial charge in [-0.05, 0) is 31.8 Å².